The van der Waals surface area contributed by atoms with Crippen molar-refractivity contribution in [3.63, 3.8) is 0 Å². The number of aliphatic imine (C=N–C) groups is 1. The fourth-order valence-electron chi connectivity index (χ4n) is 2.66. The maximum Gasteiger partial charge on any atom is 0.341 e. The lowest BCUT2D eigenvalue weighted by molar-refractivity contribution is -0.139. The van der Waals surface area contributed by atoms with E-state index in [-0.39, 0.29) is 11.7 Å². The normalized spacial score (nSPS) is 15.7. The van der Waals surface area contributed by atoms with E-state index in [1.807, 2.05) is 0 Å². The zero-order valence-electron chi connectivity index (χ0n) is 16.9. The van der Waals surface area contributed by atoms with Crippen LogP contribution in [0.2, 0.25) is 0 Å². The quantitative estimate of drug-likeness (QED) is 0.476. The maximum atomic E-state index is 12.3. The molecule has 0 saturated carbocycles. The number of hydrogen-bond acceptors (Lipinski definition) is 7. The molecule has 0 atom stereocenters. The van der Waals surface area contributed by atoms with Crippen molar-refractivity contribution in [3.8, 4) is 11.5 Å². The zero-order chi connectivity index (χ0) is 22.4. The number of carboxylic acids is 1. The van der Waals surface area contributed by atoms with Crippen LogP contribution in [0.5, 0.6) is 11.5 Å². The minimum Gasteiger partial charge on any atom is -0.490 e. The molecule has 160 valence electrons. The van der Waals surface area contributed by atoms with Gasteiger partial charge in [0.25, 0.3) is 5.91 Å². The van der Waals surface area contributed by atoms with Crippen LogP contribution in [-0.4, -0.2) is 41.1 Å². The number of rotatable bonds is 8. The van der Waals surface area contributed by atoms with Gasteiger partial charge in [-0.1, -0.05) is 6.07 Å². The first-order chi connectivity index (χ1) is 14.9. The first-order valence-corrected chi connectivity index (χ1v) is 10.2. The van der Waals surface area contributed by atoms with Gasteiger partial charge >= 0.3 is 5.97 Å². The van der Waals surface area contributed by atoms with Gasteiger partial charge in [-0.2, -0.15) is 0 Å². The van der Waals surface area contributed by atoms with E-state index in [2.05, 4.69) is 10.3 Å². The topological polar surface area (TPSA) is 114 Å². The largest absolute Gasteiger partial charge is 0.490 e. The summed E-state index contributed by atoms with van der Waals surface area (Å²) in [6.45, 7) is 3.19. The predicted molar refractivity (Wildman–Crippen MR) is 118 cm³/mol. The van der Waals surface area contributed by atoms with E-state index < -0.39 is 12.6 Å². The Labute approximate surface area is 183 Å². The Hall–Kier alpha value is -3.59. The second-order valence-electron chi connectivity index (χ2n) is 6.41. The lowest BCUT2D eigenvalue weighted by Gasteiger charge is -2.11. The SMILES string of the molecule is CCOc1cc(/C=C2/SC(=Nc3ccc(C(C)=O)cc3)NC2=O)ccc1OCC(=O)O. The molecule has 2 N–H and O–H groups in total. The van der Waals surface area contributed by atoms with Crippen LogP contribution in [0.4, 0.5) is 5.69 Å². The summed E-state index contributed by atoms with van der Waals surface area (Å²) in [5.41, 5.74) is 1.90. The Morgan fingerprint density at radius 2 is 1.87 bits per heavy atom. The number of amides is 1. The number of carbonyl (C=O) groups is 3. The van der Waals surface area contributed by atoms with Gasteiger partial charge in [0.05, 0.1) is 17.2 Å². The highest BCUT2D eigenvalue weighted by Crippen LogP contribution is 2.32. The number of carbonyl (C=O) groups excluding carboxylic acids is 2. The van der Waals surface area contributed by atoms with E-state index >= 15 is 0 Å². The van der Waals surface area contributed by atoms with E-state index in [9.17, 15) is 14.4 Å². The fourth-order valence-corrected chi connectivity index (χ4v) is 3.50. The highest BCUT2D eigenvalue weighted by atomic mass is 32.2. The summed E-state index contributed by atoms with van der Waals surface area (Å²) in [7, 11) is 0. The monoisotopic (exact) mass is 440 g/mol. The van der Waals surface area contributed by atoms with Crippen LogP contribution in [0.25, 0.3) is 6.08 Å². The number of nitrogens with zero attached hydrogens (tertiary/aromatic N) is 1. The van der Waals surface area contributed by atoms with Crippen LogP contribution in [0.15, 0.2) is 52.4 Å². The second kappa shape index (κ2) is 9.94. The number of Topliss-reactive ketones (excluding diaryl/α,β-unsaturated/α-hetero) is 1. The van der Waals surface area contributed by atoms with E-state index in [0.29, 0.717) is 45.0 Å². The Balaban J connectivity index is 1.78. The van der Waals surface area contributed by atoms with Crippen LogP contribution in [0.3, 0.4) is 0 Å². The third-order valence-electron chi connectivity index (χ3n) is 4.07. The first-order valence-electron chi connectivity index (χ1n) is 9.37. The van der Waals surface area contributed by atoms with Crippen molar-refractivity contribution in [3.05, 3.63) is 58.5 Å². The Bertz CT molecular complexity index is 1080. The molecule has 3 rings (SSSR count). The van der Waals surface area contributed by atoms with Gasteiger partial charge in [-0.25, -0.2) is 9.79 Å². The van der Waals surface area contributed by atoms with Crippen molar-refractivity contribution >= 4 is 46.4 Å². The standard InChI is InChI=1S/C22H20N2O6S/c1-3-29-18-10-14(4-9-17(18)30-12-20(26)27)11-19-21(28)24-22(31-19)23-16-7-5-15(6-8-16)13(2)25/h4-11H,3,12H2,1-2H3,(H,26,27)(H,23,24,28)/b19-11+. The first kappa shape index (κ1) is 22.1. The molecule has 31 heavy (non-hydrogen) atoms. The molecule has 8 nitrogen and oxygen atoms in total. The third-order valence-corrected chi connectivity index (χ3v) is 4.98. The van der Waals surface area contributed by atoms with Gasteiger partial charge in [0, 0.05) is 5.56 Å². The average molecular weight is 440 g/mol. The number of thioether (sulfide) groups is 1. The minimum atomic E-state index is -1.09. The summed E-state index contributed by atoms with van der Waals surface area (Å²) in [5, 5.41) is 11.9. The summed E-state index contributed by atoms with van der Waals surface area (Å²) in [6, 6.07) is 11.8. The number of carboxylic acid groups (broad SMARTS) is 1. The van der Waals surface area contributed by atoms with Gasteiger partial charge < -0.3 is 19.9 Å². The van der Waals surface area contributed by atoms with Crippen molar-refractivity contribution in [1.82, 2.24) is 5.32 Å². The number of aliphatic carboxylic acids is 1. The summed E-state index contributed by atoms with van der Waals surface area (Å²) in [4.78, 5) is 39.3. The molecular formula is C22H20N2O6S. The molecule has 1 aliphatic heterocycles. The Kier molecular flexibility index (Phi) is 7.09. The van der Waals surface area contributed by atoms with Crippen LogP contribution in [0, 0.1) is 0 Å². The molecule has 9 heteroatoms. The smallest absolute Gasteiger partial charge is 0.341 e. The van der Waals surface area contributed by atoms with Crippen LogP contribution < -0.4 is 14.8 Å². The highest BCUT2D eigenvalue weighted by molar-refractivity contribution is 8.18. The predicted octanol–water partition coefficient (Wildman–Crippen LogP) is 3.64. The van der Waals surface area contributed by atoms with Crippen molar-refractivity contribution in [2.75, 3.05) is 13.2 Å². The molecule has 0 radical (unpaired) electrons. The summed E-state index contributed by atoms with van der Waals surface area (Å²) >= 11 is 1.19. The van der Waals surface area contributed by atoms with E-state index in [1.54, 1.807) is 55.5 Å². The fraction of sp³-hybridized carbons (Fsp3) is 0.182. The Morgan fingerprint density at radius 3 is 2.52 bits per heavy atom. The molecule has 1 aliphatic rings. The van der Waals surface area contributed by atoms with E-state index in [1.165, 1.54) is 18.7 Å². The molecule has 2 aromatic rings. The second-order valence-corrected chi connectivity index (χ2v) is 7.44. The zero-order valence-corrected chi connectivity index (χ0v) is 17.7. The Morgan fingerprint density at radius 1 is 1.13 bits per heavy atom. The molecule has 0 spiro atoms. The molecular weight excluding hydrogens is 420 g/mol. The molecule has 1 fully saturated rings. The number of nitrogens with one attached hydrogen (secondary N) is 1. The molecule has 0 unspecified atom stereocenters. The van der Waals surface area contributed by atoms with Crippen molar-refractivity contribution in [2.24, 2.45) is 4.99 Å². The van der Waals surface area contributed by atoms with Gasteiger partial charge in [-0.3, -0.25) is 9.59 Å². The number of ether oxygens (including phenoxy) is 2. The molecule has 2 aromatic carbocycles. The lowest BCUT2D eigenvalue weighted by atomic mass is 10.1. The molecule has 0 aromatic heterocycles. The van der Waals surface area contributed by atoms with Gasteiger partial charge in [0.2, 0.25) is 0 Å². The van der Waals surface area contributed by atoms with Gasteiger partial charge in [0.15, 0.2) is 29.1 Å². The number of benzene rings is 2. The number of amidine groups is 1. The summed E-state index contributed by atoms with van der Waals surface area (Å²) in [5.74, 6) is -0.699. The van der Waals surface area contributed by atoms with Crippen molar-refractivity contribution in [2.45, 2.75) is 13.8 Å². The average Bonchev–Trinajstić information content (AvgIpc) is 3.06. The van der Waals surface area contributed by atoms with Gasteiger partial charge in [0.1, 0.15) is 0 Å². The number of ketones is 1. The summed E-state index contributed by atoms with van der Waals surface area (Å²) in [6.07, 6.45) is 1.69. The molecule has 0 bridgehead atoms. The summed E-state index contributed by atoms with van der Waals surface area (Å²) < 4.78 is 10.8. The molecule has 1 saturated heterocycles. The molecule has 1 amide bonds. The van der Waals surface area contributed by atoms with E-state index in [0.717, 1.165) is 0 Å². The number of hydrogen-bond donors (Lipinski definition) is 2. The van der Waals surface area contributed by atoms with Gasteiger partial charge in [-0.05, 0) is 73.6 Å². The van der Waals surface area contributed by atoms with Crippen LogP contribution in [0.1, 0.15) is 29.8 Å². The van der Waals surface area contributed by atoms with E-state index in [4.69, 9.17) is 14.6 Å². The molecule has 0 aliphatic carbocycles. The van der Waals surface area contributed by atoms with Crippen LogP contribution in [-0.2, 0) is 9.59 Å². The van der Waals surface area contributed by atoms with Crippen molar-refractivity contribution in [1.29, 1.82) is 0 Å². The maximum absolute atomic E-state index is 12.3. The van der Waals surface area contributed by atoms with Crippen LogP contribution >= 0.6 is 11.8 Å². The van der Waals surface area contributed by atoms with Gasteiger partial charge in [-0.15, -0.1) is 0 Å². The third kappa shape index (κ3) is 5.95. The molecule has 1 heterocycles. The van der Waals surface area contributed by atoms with Crippen molar-refractivity contribution < 1.29 is 29.0 Å². The lowest BCUT2D eigenvalue weighted by Crippen LogP contribution is -2.19. The minimum absolute atomic E-state index is 0.0289. The highest BCUT2D eigenvalue weighted by Gasteiger charge is 2.24.